The number of hydrogen-bond donors (Lipinski definition) is 1. The van der Waals surface area contributed by atoms with Gasteiger partial charge in [-0.2, -0.15) is 5.10 Å². The van der Waals surface area contributed by atoms with E-state index in [9.17, 15) is 0 Å². The van der Waals surface area contributed by atoms with Crippen molar-refractivity contribution in [3.05, 3.63) is 48.3 Å². The minimum atomic E-state index is 0.828. The quantitative estimate of drug-likeness (QED) is 0.831. The highest BCUT2D eigenvalue weighted by Crippen LogP contribution is 2.26. The second-order valence-electron chi connectivity index (χ2n) is 4.54. The van der Waals surface area contributed by atoms with Gasteiger partial charge in [-0.25, -0.2) is 4.68 Å². The molecule has 2 N–H and O–H groups in total. The van der Waals surface area contributed by atoms with Crippen LogP contribution in [0.25, 0.3) is 11.3 Å². The molecule has 0 saturated carbocycles. The maximum absolute atomic E-state index is 5.89. The SMILES string of the molecule is CN1C=C(N)CCn2nc(-c3ccccc3)cc21. The molecule has 4 heteroatoms. The van der Waals surface area contributed by atoms with E-state index >= 15 is 0 Å². The van der Waals surface area contributed by atoms with Gasteiger partial charge >= 0.3 is 0 Å². The molecule has 1 aromatic carbocycles. The lowest BCUT2D eigenvalue weighted by molar-refractivity contribution is 0.622. The summed E-state index contributed by atoms with van der Waals surface area (Å²) >= 11 is 0. The van der Waals surface area contributed by atoms with Gasteiger partial charge < -0.3 is 10.6 Å². The Bertz CT molecular complexity index is 583. The Hall–Kier alpha value is -2.23. The van der Waals surface area contributed by atoms with Crippen molar-refractivity contribution < 1.29 is 0 Å². The van der Waals surface area contributed by atoms with Crippen LogP contribution < -0.4 is 10.6 Å². The number of aromatic nitrogens is 2. The van der Waals surface area contributed by atoms with Crippen LogP contribution in [0.4, 0.5) is 5.82 Å². The number of nitrogens with two attached hydrogens (primary N) is 1. The Kier molecular flexibility index (Phi) is 2.55. The third-order valence-electron chi connectivity index (χ3n) is 3.16. The molecule has 2 aromatic rings. The molecule has 18 heavy (non-hydrogen) atoms. The number of nitrogens with zero attached hydrogens (tertiary/aromatic N) is 3. The van der Waals surface area contributed by atoms with E-state index in [4.69, 9.17) is 5.73 Å². The predicted octanol–water partition coefficient (Wildman–Crippen LogP) is 2.19. The Morgan fingerprint density at radius 2 is 2.00 bits per heavy atom. The summed E-state index contributed by atoms with van der Waals surface area (Å²) in [6, 6.07) is 12.3. The average molecular weight is 240 g/mol. The van der Waals surface area contributed by atoms with E-state index in [2.05, 4.69) is 23.3 Å². The third-order valence-corrected chi connectivity index (χ3v) is 3.16. The summed E-state index contributed by atoms with van der Waals surface area (Å²) in [5.74, 6) is 1.08. The summed E-state index contributed by atoms with van der Waals surface area (Å²) in [5.41, 5.74) is 8.93. The van der Waals surface area contributed by atoms with E-state index in [1.54, 1.807) is 0 Å². The van der Waals surface area contributed by atoms with E-state index in [1.807, 2.05) is 41.0 Å². The molecule has 1 aromatic heterocycles. The maximum atomic E-state index is 5.89. The first-order valence-corrected chi connectivity index (χ1v) is 6.06. The minimum Gasteiger partial charge on any atom is -0.401 e. The van der Waals surface area contributed by atoms with Crippen molar-refractivity contribution in [1.82, 2.24) is 9.78 Å². The fourth-order valence-electron chi connectivity index (χ4n) is 2.22. The van der Waals surface area contributed by atoms with E-state index < -0.39 is 0 Å². The minimum absolute atomic E-state index is 0.828. The van der Waals surface area contributed by atoms with E-state index in [0.29, 0.717) is 0 Å². The highest BCUT2D eigenvalue weighted by Gasteiger charge is 2.15. The Morgan fingerprint density at radius 3 is 2.78 bits per heavy atom. The lowest BCUT2D eigenvalue weighted by Gasteiger charge is -2.12. The maximum Gasteiger partial charge on any atom is 0.131 e. The second-order valence-corrected chi connectivity index (χ2v) is 4.54. The van der Waals surface area contributed by atoms with Crippen LogP contribution in [0.5, 0.6) is 0 Å². The second kappa shape index (κ2) is 4.22. The van der Waals surface area contributed by atoms with Crippen LogP contribution in [-0.2, 0) is 6.54 Å². The smallest absolute Gasteiger partial charge is 0.131 e. The molecule has 0 amide bonds. The number of benzene rings is 1. The first-order chi connectivity index (χ1) is 8.74. The van der Waals surface area contributed by atoms with Gasteiger partial charge in [0.05, 0.1) is 5.69 Å². The van der Waals surface area contributed by atoms with Crippen molar-refractivity contribution >= 4 is 5.82 Å². The van der Waals surface area contributed by atoms with Crippen LogP contribution >= 0.6 is 0 Å². The third kappa shape index (κ3) is 1.86. The molecule has 0 fully saturated rings. The van der Waals surface area contributed by atoms with Crippen molar-refractivity contribution in [3.8, 4) is 11.3 Å². The number of aryl methyl sites for hydroxylation is 1. The molecule has 4 nitrogen and oxygen atoms in total. The molecule has 0 radical (unpaired) electrons. The molecule has 0 saturated heterocycles. The van der Waals surface area contributed by atoms with E-state index in [-0.39, 0.29) is 0 Å². The van der Waals surface area contributed by atoms with Crippen LogP contribution in [0.15, 0.2) is 48.3 Å². The van der Waals surface area contributed by atoms with Crippen LogP contribution in [0.3, 0.4) is 0 Å². The van der Waals surface area contributed by atoms with Gasteiger partial charge in [-0.15, -0.1) is 0 Å². The molecule has 2 heterocycles. The van der Waals surface area contributed by atoms with Crippen LogP contribution in [0.1, 0.15) is 6.42 Å². The van der Waals surface area contributed by atoms with Gasteiger partial charge in [-0.1, -0.05) is 30.3 Å². The number of hydrogen-bond acceptors (Lipinski definition) is 3. The lowest BCUT2D eigenvalue weighted by atomic mass is 10.1. The van der Waals surface area contributed by atoms with Gasteiger partial charge in [0.2, 0.25) is 0 Å². The van der Waals surface area contributed by atoms with Crippen LogP contribution in [0.2, 0.25) is 0 Å². The Morgan fingerprint density at radius 1 is 1.22 bits per heavy atom. The molecule has 0 atom stereocenters. The molecule has 92 valence electrons. The summed E-state index contributed by atoms with van der Waals surface area (Å²) in [6.07, 6.45) is 2.81. The molecule has 0 bridgehead atoms. The average Bonchev–Trinajstić information content (AvgIpc) is 2.76. The summed E-state index contributed by atoms with van der Waals surface area (Å²) in [6.45, 7) is 0.828. The van der Waals surface area contributed by atoms with E-state index in [1.165, 1.54) is 0 Å². The largest absolute Gasteiger partial charge is 0.401 e. The Balaban J connectivity index is 2.03. The highest BCUT2D eigenvalue weighted by molar-refractivity contribution is 5.64. The molecule has 0 unspecified atom stereocenters. The molecule has 3 rings (SSSR count). The standard InChI is InChI=1S/C14H16N4/c1-17-10-12(15)7-8-18-14(17)9-13(16-18)11-5-3-2-4-6-11/h2-6,9-10H,7-8,15H2,1H3. The molecule has 0 spiro atoms. The summed E-state index contributed by atoms with van der Waals surface area (Å²) in [7, 11) is 2.00. The van der Waals surface area contributed by atoms with Crippen LogP contribution in [-0.4, -0.2) is 16.8 Å². The van der Waals surface area contributed by atoms with Crippen molar-refractivity contribution in [3.63, 3.8) is 0 Å². The molecular weight excluding hydrogens is 224 g/mol. The van der Waals surface area contributed by atoms with Gasteiger partial charge in [0.25, 0.3) is 0 Å². The van der Waals surface area contributed by atoms with Crippen molar-refractivity contribution in [2.75, 3.05) is 11.9 Å². The summed E-state index contributed by atoms with van der Waals surface area (Å²) in [5, 5.41) is 4.65. The van der Waals surface area contributed by atoms with Gasteiger partial charge in [-0.3, -0.25) is 0 Å². The molecular formula is C14H16N4. The zero-order chi connectivity index (χ0) is 12.5. The number of rotatable bonds is 1. The summed E-state index contributed by atoms with van der Waals surface area (Å²) < 4.78 is 2.01. The normalized spacial score (nSPS) is 14.9. The lowest BCUT2D eigenvalue weighted by Crippen LogP contribution is -2.12. The van der Waals surface area contributed by atoms with Crippen molar-refractivity contribution in [2.24, 2.45) is 5.73 Å². The molecule has 1 aliphatic rings. The fraction of sp³-hybridized carbons (Fsp3) is 0.214. The predicted molar refractivity (Wildman–Crippen MR) is 73.0 cm³/mol. The first-order valence-electron chi connectivity index (χ1n) is 6.06. The zero-order valence-corrected chi connectivity index (χ0v) is 10.4. The van der Waals surface area contributed by atoms with Gasteiger partial charge in [0, 0.05) is 43.5 Å². The summed E-state index contributed by atoms with van der Waals surface area (Å²) in [4.78, 5) is 2.03. The van der Waals surface area contributed by atoms with Gasteiger partial charge in [0.15, 0.2) is 0 Å². The number of allylic oxidation sites excluding steroid dienone is 1. The number of anilines is 1. The van der Waals surface area contributed by atoms with E-state index in [0.717, 1.165) is 35.7 Å². The highest BCUT2D eigenvalue weighted by atomic mass is 15.4. The van der Waals surface area contributed by atoms with Crippen molar-refractivity contribution in [2.45, 2.75) is 13.0 Å². The topological polar surface area (TPSA) is 47.1 Å². The fourth-order valence-corrected chi connectivity index (χ4v) is 2.22. The monoisotopic (exact) mass is 240 g/mol. The number of fused-ring (bicyclic) bond motifs is 1. The Labute approximate surface area is 106 Å². The van der Waals surface area contributed by atoms with Crippen LogP contribution in [0, 0.1) is 0 Å². The van der Waals surface area contributed by atoms with Gasteiger partial charge in [0.1, 0.15) is 5.82 Å². The zero-order valence-electron chi connectivity index (χ0n) is 10.4. The van der Waals surface area contributed by atoms with Crippen molar-refractivity contribution in [1.29, 1.82) is 0 Å². The van der Waals surface area contributed by atoms with Gasteiger partial charge in [-0.05, 0) is 0 Å². The molecule has 1 aliphatic heterocycles. The first kappa shape index (κ1) is 10.9. The molecule has 0 aliphatic carbocycles.